The Bertz CT molecular complexity index is 666. The number of nitrogens with zero attached hydrogens (tertiary/aromatic N) is 3. The van der Waals surface area contributed by atoms with Gasteiger partial charge in [0.1, 0.15) is 0 Å². The molecule has 3 rings (SSSR count). The van der Waals surface area contributed by atoms with Gasteiger partial charge in [0.25, 0.3) is 0 Å². The Labute approximate surface area is 131 Å². The molecule has 22 heavy (non-hydrogen) atoms. The van der Waals surface area contributed by atoms with Crippen LogP contribution < -0.4 is 10.6 Å². The first-order valence-corrected chi connectivity index (χ1v) is 7.66. The maximum atomic E-state index is 5.82. The molecule has 2 N–H and O–H groups in total. The first-order chi connectivity index (χ1) is 10.7. The zero-order valence-corrected chi connectivity index (χ0v) is 13.2. The molecule has 2 aromatic rings. The minimum absolute atomic E-state index is 0.414. The van der Waals surface area contributed by atoms with Gasteiger partial charge in [-0.1, -0.05) is 23.8 Å². The zero-order valence-electron chi connectivity index (χ0n) is 13.2. The molecule has 116 valence electrons. The molecule has 1 fully saturated rings. The van der Waals surface area contributed by atoms with Crippen molar-refractivity contribution in [3.8, 4) is 11.3 Å². The highest BCUT2D eigenvalue weighted by atomic mass is 16.5. The molecule has 0 amide bonds. The van der Waals surface area contributed by atoms with E-state index in [1.54, 1.807) is 0 Å². The molecule has 1 aromatic heterocycles. The highest BCUT2D eigenvalue weighted by molar-refractivity contribution is 5.65. The van der Waals surface area contributed by atoms with Gasteiger partial charge in [-0.2, -0.15) is 0 Å². The average molecular weight is 298 g/mol. The summed E-state index contributed by atoms with van der Waals surface area (Å²) in [5.74, 6) is 0.751. The van der Waals surface area contributed by atoms with E-state index in [4.69, 9.17) is 15.5 Å². The number of anilines is 1. The second-order valence-corrected chi connectivity index (χ2v) is 5.67. The fourth-order valence-corrected chi connectivity index (χ4v) is 2.73. The summed E-state index contributed by atoms with van der Waals surface area (Å²) in [6, 6.07) is 8.40. The van der Waals surface area contributed by atoms with E-state index in [0.717, 1.165) is 49.2 Å². The molecule has 5 heteroatoms. The van der Waals surface area contributed by atoms with Crippen LogP contribution in [0, 0.1) is 13.8 Å². The number of rotatable bonds is 3. The van der Waals surface area contributed by atoms with E-state index in [9.17, 15) is 0 Å². The molecule has 0 bridgehead atoms. The van der Waals surface area contributed by atoms with Crippen molar-refractivity contribution in [2.24, 2.45) is 5.73 Å². The Morgan fingerprint density at radius 1 is 1.14 bits per heavy atom. The fourth-order valence-electron chi connectivity index (χ4n) is 2.73. The van der Waals surface area contributed by atoms with E-state index in [-0.39, 0.29) is 0 Å². The van der Waals surface area contributed by atoms with Crippen LogP contribution in [0.4, 0.5) is 5.95 Å². The predicted octanol–water partition coefficient (Wildman–Crippen LogP) is 2.06. The van der Waals surface area contributed by atoms with Gasteiger partial charge in [0.2, 0.25) is 5.95 Å². The minimum Gasteiger partial charge on any atom is -0.378 e. The van der Waals surface area contributed by atoms with Gasteiger partial charge in [-0.05, 0) is 25.5 Å². The second-order valence-electron chi connectivity index (χ2n) is 5.67. The maximum absolute atomic E-state index is 5.82. The topological polar surface area (TPSA) is 64.3 Å². The second kappa shape index (κ2) is 6.42. The van der Waals surface area contributed by atoms with Crippen molar-refractivity contribution in [3.63, 3.8) is 0 Å². The Balaban J connectivity index is 2.03. The number of nitrogens with two attached hydrogens (primary N) is 1. The normalized spacial score (nSPS) is 15.1. The van der Waals surface area contributed by atoms with E-state index >= 15 is 0 Å². The fraction of sp³-hybridized carbons (Fsp3) is 0.412. The van der Waals surface area contributed by atoms with Gasteiger partial charge in [0, 0.05) is 25.2 Å². The summed E-state index contributed by atoms with van der Waals surface area (Å²) in [6.45, 7) is 7.70. The molecule has 1 aliphatic heterocycles. The summed E-state index contributed by atoms with van der Waals surface area (Å²) in [4.78, 5) is 11.5. The van der Waals surface area contributed by atoms with Crippen LogP contribution in [-0.2, 0) is 11.3 Å². The molecule has 1 aromatic carbocycles. The van der Waals surface area contributed by atoms with Crippen molar-refractivity contribution in [1.82, 2.24) is 9.97 Å². The third-order valence-electron chi connectivity index (χ3n) is 3.93. The molecule has 0 unspecified atom stereocenters. The lowest BCUT2D eigenvalue weighted by molar-refractivity contribution is 0.122. The Hall–Kier alpha value is -1.98. The van der Waals surface area contributed by atoms with Gasteiger partial charge in [0.05, 0.1) is 24.6 Å². The molecule has 0 spiro atoms. The van der Waals surface area contributed by atoms with Crippen molar-refractivity contribution in [2.45, 2.75) is 20.4 Å². The predicted molar refractivity (Wildman–Crippen MR) is 87.9 cm³/mol. The number of hydrogen-bond donors (Lipinski definition) is 1. The van der Waals surface area contributed by atoms with Crippen molar-refractivity contribution in [1.29, 1.82) is 0 Å². The summed E-state index contributed by atoms with van der Waals surface area (Å²) in [7, 11) is 0. The lowest BCUT2D eigenvalue weighted by atomic mass is 10.0. The van der Waals surface area contributed by atoms with Crippen LogP contribution in [0.25, 0.3) is 11.3 Å². The molecule has 1 aliphatic rings. The van der Waals surface area contributed by atoms with Gasteiger partial charge >= 0.3 is 0 Å². The summed E-state index contributed by atoms with van der Waals surface area (Å²) in [6.07, 6.45) is 0. The van der Waals surface area contributed by atoms with Crippen molar-refractivity contribution in [2.75, 3.05) is 31.2 Å². The maximum Gasteiger partial charge on any atom is 0.226 e. The number of morpholine rings is 1. The first-order valence-electron chi connectivity index (χ1n) is 7.66. The highest BCUT2D eigenvalue weighted by Gasteiger charge is 2.16. The van der Waals surface area contributed by atoms with Crippen molar-refractivity contribution >= 4 is 5.95 Å². The SMILES string of the molecule is Cc1ccc(-c2cc(CN)nc(N3CCOCC3)n2)c(C)c1. The summed E-state index contributed by atoms with van der Waals surface area (Å²) in [5, 5.41) is 0. The van der Waals surface area contributed by atoms with Crippen LogP contribution in [0.2, 0.25) is 0 Å². The van der Waals surface area contributed by atoms with E-state index in [0.29, 0.717) is 6.54 Å². The summed E-state index contributed by atoms with van der Waals surface area (Å²) in [5.41, 5.74) is 11.2. The van der Waals surface area contributed by atoms with Crippen LogP contribution in [0.3, 0.4) is 0 Å². The molecular weight excluding hydrogens is 276 g/mol. The molecule has 0 radical (unpaired) electrons. The third kappa shape index (κ3) is 3.10. The molecule has 5 nitrogen and oxygen atoms in total. The summed E-state index contributed by atoms with van der Waals surface area (Å²) < 4.78 is 5.40. The zero-order chi connectivity index (χ0) is 15.5. The molecular formula is C17H22N4O. The Morgan fingerprint density at radius 3 is 2.59 bits per heavy atom. The van der Waals surface area contributed by atoms with Crippen LogP contribution in [0.1, 0.15) is 16.8 Å². The standard InChI is InChI=1S/C17H22N4O/c1-12-3-4-15(13(2)9-12)16-10-14(11-18)19-17(20-16)21-5-7-22-8-6-21/h3-4,9-10H,5-8,11,18H2,1-2H3. The lowest BCUT2D eigenvalue weighted by Gasteiger charge is -2.27. The Morgan fingerprint density at radius 2 is 1.91 bits per heavy atom. The smallest absolute Gasteiger partial charge is 0.226 e. The first kappa shape index (κ1) is 14.9. The number of hydrogen-bond acceptors (Lipinski definition) is 5. The molecule has 1 saturated heterocycles. The van der Waals surface area contributed by atoms with Crippen LogP contribution in [0.5, 0.6) is 0 Å². The van der Waals surface area contributed by atoms with Crippen LogP contribution >= 0.6 is 0 Å². The number of ether oxygens (including phenoxy) is 1. The number of benzene rings is 1. The van der Waals surface area contributed by atoms with Crippen molar-refractivity contribution < 1.29 is 4.74 Å². The van der Waals surface area contributed by atoms with E-state index in [2.05, 4.69) is 41.9 Å². The van der Waals surface area contributed by atoms with Gasteiger partial charge < -0.3 is 15.4 Å². The van der Waals surface area contributed by atoms with E-state index in [1.165, 1.54) is 11.1 Å². The highest BCUT2D eigenvalue weighted by Crippen LogP contribution is 2.25. The number of aromatic nitrogens is 2. The van der Waals surface area contributed by atoms with E-state index < -0.39 is 0 Å². The van der Waals surface area contributed by atoms with Crippen molar-refractivity contribution in [3.05, 3.63) is 41.1 Å². The molecule has 0 saturated carbocycles. The minimum atomic E-state index is 0.414. The quantitative estimate of drug-likeness (QED) is 0.939. The monoisotopic (exact) mass is 298 g/mol. The summed E-state index contributed by atoms with van der Waals surface area (Å²) >= 11 is 0. The van der Waals surface area contributed by atoms with Gasteiger partial charge in [-0.3, -0.25) is 0 Å². The molecule has 0 aliphatic carbocycles. The number of aryl methyl sites for hydroxylation is 2. The molecule has 0 atom stereocenters. The van der Waals surface area contributed by atoms with Crippen LogP contribution in [0.15, 0.2) is 24.3 Å². The van der Waals surface area contributed by atoms with Gasteiger partial charge in [0.15, 0.2) is 0 Å². The van der Waals surface area contributed by atoms with E-state index in [1.807, 2.05) is 6.07 Å². The Kier molecular flexibility index (Phi) is 4.36. The lowest BCUT2D eigenvalue weighted by Crippen LogP contribution is -2.37. The van der Waals surface area contributed by atoms with Crippen LogP contribution in [-0.4, -0.2) is 36.3 Å². The third-order valence-corrected chi connectivity index (χ3v) is 3.93. The van der Waals surface area contributed by atoms with Gasteiger partial charge in [-0.25, -0.2) is 9.97 Å². The average Bonchev–Trinajstić information content (AvgIpc) is 2.55. The largest absolute Gasteiger partial charge is 0.378 e. The van der Waals surface area contributed by atoms with Gasteiger partial charge in [-0.15, -0.1) is 0 Å². The molecule has 2 heterocycles.